The Morgan fingerprint density at radius 2 is 2.14 bits per heavy atom. The van der Waals surface area contributed by atoms with Crippen molar-refractivity contribution in [3.63, 3.8) is 0 Å². The number of hydrogen-bond donors (Lipinski definition) is 1. The fourth-order valence-electron chi connectivity index (χ4n) is 2.35. The SMILES string of the molecule is CCc1nn(C)c(CC(N)Cc2c(F)cccc2Cl)c1Br. The number of hydrogen-bond acceptors (Lipinski definition) is 2. The van der Waals surface area contributed by atoms with E-state index in [4.69, 9.17) is 17.3 Å². The first-order valence-electron chi connectivity index (χ1n) is 6.82. The number of nitrogens with two attached hydrogens (primary N) is 1. The lowest BCUT2D eigenvalue weighted by Gasteiger charge is -2.14. The summed E-state index contributed by atoms with van der Waals surface area (Å²) < 4.78 is 16.6. The standard InChI is InChI=1S/C15H18BrClFN3/c1-3-13-15(16)14(21(2)20-13)8-9(19)7-10-11(17)5-4-6-12(10)18/h4-6,9H,3,7-8,19H2,1-2H3. The van der Waals surface area contributed by atoms with Crippen LogP contribution >= 0.6 is 27.5 Å². The van der Waals surface area contributed by atoms with Gasteiger partial charge in [0.15, 0.2) is 0 Å². The Morgan fingerprint density at radius 3 is 2.71 bits per heavy atom. The van der Waals surface area contributed by atoms with Crippen LogP contribution in [0.25, 0.3) is 0 Å². The fourth-order valence-corrected chi connectivity index (χ4v) is 3.37. The minimum Gasteiger partial charge on any atom is -0.327 e. The van der Waals surface area contributed by atoms with Gasteiger partial charge in [-0.25, -0.2) is 4.39 Å². The lowest BCUT2D eigenvalue weighted by atomic mass is 10.0. The third kappa shape index (κ3) is 3.65. The molecule has 0 fully saturated rings. The zero-order valence-corrected chi connectivity index (χ0v) is 14.4. The van der Waals surface area contributed by atoms with Gasteiger partial charge in [0.1, 0.15) is 5.82 Å². The highest BCUT2D eigenvalue weighted by molar-refractivity contribution is 9.10. The summed E-state index contributed by atoms with van der Waals surface area (Å²) in [6.07, 6.45) is 1.85. The van der Waals surface area contributed by atoms with E-state index < -0.39 is 0 Å². The number of aromatic nitrogens is 2. The Bertz CT molecular complexity index is 622. The van der Waals surface area contributed by atoms with E-state index in [1.54, 1.807) is 12.1 Å². The molecular weight excluding hydrogens is 357 g/mol. The molecule has 1 atom stereocenters. The van der Waals surface area contributed by atoms with Crippen molar-refractivity contribution in [3.8, 4) is 0 Å². The number of benzene rings is 1. The fraction of sp³-hybridized carbons (Fsp3) is 0.400. The molecule has 114 valence electrons. The zero-order valence-electron chi connectivity index (χ0n) is 12.0. The van der Waals surface area contributed by atoms with Gasteiger partial charge in [0, 0.05) is 30.1 Å². The van der Waals surface area contributed by atoms with Crippen molar-refractivity contribution in [2.75, 3.05) is 0 Å². The molecule has 2 rings (SSSR count). The molecule has 0 bridgehead atoms. The molecule has 0 spiro atoms. The molecule has 0 aliphatic heterocycles. The summed E-state index contributed by atoms with van der Waals surface area (Å²) in [5, 5.41) is 4.86. The molecule has 0 saturated carbocycles. The maximum atomic E-state index is 13.8. The number of aryl methyl sites for hydroxylation is 2. The van der Waals surface area contributed by atoms with Gasteiger partial charge in [0.05, 0.1) is 15.9 Å². The smallest absolute Gasteiger partial charge is 0.127 e. The van der Waals surface area contributed by atoms with Crippen LogP contribution in [0.2, 0.25) is 5.02 Å². The van der Waals surface area contributed by atoms with Crippen LogP contribution in [-0.2, 0) is 26.3 Å². The molecular formula is C15H18BrClFN3. The van der Waals surface area contributed by atoms with Gasteiger partial charge in [-0.3, -0.25) is 4.68 Å². The van der Waals surface area contributed by atoms with Crippen molar-refractivity contribution < 1.29 is 4.39 Å². The largest absolute Gasteiger partial charge is 0.327 e. The van der Waals surface area contributed by atoms with E-state index in [2.05, 4.69) is 28.0 Å². The van der Waals surface area contributed by atoms with Crippen LogP contribution in [0.15, 0.2) is 22.7 Å². The Morgan fingerprint density at radius 1 is 1.43 bits per heavy atom. The zero-order chi connectivity index (χ0) is 15.6. The van der Waals surface area contributed by atoms with E-state index in [9.17, 15) is 4.39 Å². The van der Waals surface area contributed by atoms with Crippen LogP contribution in [0, 0.1) is 5.82 Å². The average molecular weight is 375 g/mol. The predicted molar refractivity (Wildman–Crippen MR) is 87.1 cm³/mol. The Labute approximate surface area is 137 Å². The van der Waals surface area contributed by atoms with E-state index in [-0.39, 0.29) is 11.9 Å². The maximum Gasteiger partial charge on any atom is 0.127 e. The van der Waals surface area contributed by atoms with Gasteiger partial charge in [-0.1, -0.05) is 24.6 Å². The molecule has 21 heavy (non-hydrogen) atoms. The molecule has 0 aliphatic rings. The molecule has 6 heteroatoms. The molecule has 2 aromatic rings. The highest BCUT2D eigenvalue weighted by Crippen LogP contribution is 2.25. The van der Waals surface area contributed by atoms with Gasteiger partial charge in [-0.15, -0.1) is 0 Å². The second kappa shape index (κ2) is 6.90. The molecule has 1 heterocycles. The van der Waals surface area contributed by atoms with Crippen molar-refractivity contribution >= 4 is 27.5 Å². The Kier molecular flexibility index (Phi) is 5.41. The summed E-state index contributed by atoms with van der Waals surface area (Å²) in [7, 11) is 1.89. The third-order valence-corrected chi connectivity index (χ3v) is 4.76. The minimum absolute atomic E-state index is 0.226. The average Bonchev–Trinajstić information content (AvgIpc) is 2.70. The lowest BCUT2D eigenvalue weighted by molar-refractivity contribution is 0.571. The van der Waals surface area contributed by atoms with E-state index in [0.29, 0.717) is 23.4 Å². The molecule has 0 saturated heterocycles. The topological polar surface area (TPSA) is 43.8 Å². The molecule has 2 N–H and O–H groups in total. The van der Waals surface area contributed by atoms with Crippen LogP contribution in [0.4, 0.5) is 4.39 Å². The van der Waals surface area contributed by atoms with Gasteiger partial charge in [-0.2, -0.15) is 5.10 Å². The van der Waals surface area contributed by atoms with Crippen LogP contribution in [0.1, 0.15) is 23.9 Å². The van der Waals surface area contributed by atoms with Crippen molar-refractivity contribution in [1.29, 1.82) is 0 Å². The summed E-state index contributed by atoms with van der Waals surface area (Å²) in [5.41, 5.74) is 8.67. The number of rotatable bonds is 5. The Hall–Kier alpha value is -0.910. The second-order valence-electron chi connectivity index (χ2n) is 5.05. The van der Waals surface area contributed by atoms with Crippen molar-refractivity contribution in [1.82, 2.24) is 9.78 Å². The van der Waals surface area contributed by atoms with Gasteiger partial charge in [-0.05, 0) is 40.9 Å². The molecule has 3 nitrogen and oxygen atoms in total. The summed E-state index contributed by atoms with van der Waals surface area (Å²) >= 11 is 9.61. The quantitative estimate of drug-likeness (QED) is 0.868. The number of nitrogens with zero attached hydrogens (tertiary/aromatic N) is 2. The monoisotopic (exact) mass is 373 g/mol. The molecule has 0 aliphatic carbocycles. The first-order chi connectivity index (χ1) is 9.93. The van der Waals surface area contributed by atoms with Gasteiger partial charge in [0.25, 0.3) is 0 Å². The van der Waals surface area contributed by atoms with E-state index >= 15 is 0 Å². The summed E-state index contributed by atoms with van der Waals surface area (Å²) in [6, 6.07) is 4.46. The van der Waals surface area contributed by atoms with Crippen LogP contribution in [0.5, 0.6) is 0 Å². The van der Waals surface area contributed by atoms with Gasteiger partial charge >= 0.3 is 0 Å². The second-order valence-corrected chi connectivity index (χ2v) is 6.25. The van der Waals surface area contributed by atoms with Crippen LogP contribution in [0.3, 0.4) is 0 Å². The minimum atomic E-state index is -0.309. The van der Waals surface area contributed by atoms with Crippen molar-refractivity contribution in [2.45, 2.75) is 32.2 Å². The van der Waals surface area contributed by atoms with E-state index in [1.165, 1.54) is 6.07 Å². The summed E-state index contributed by atoms with van der Waals surface area (Å²) in [6.45, 7) is 2.05. The van der Waals surface area contributed by atoms with Crippen molar-refractivity contribution in [3.05, 3.63) is 50.5 Å². The third-order valence-electron chi connectivity index (χ3n) is 3.49. The maximum absolute atomic E-state index is 13.8. The van der Waals surface area contributed by atoms with E-state index in [1.807, 2.05) is 11.7 Å². The summed E-state index contributed by atoms with van der Waals surface area (Å²) in [4.78, 5) is 0. The first kappa shape index (κ1) is 16.5. The van der Waals surface area contributed by atoms with Gasteiger partial charge < -0.3 is 5.73 Å². The van der Waals surface area contributed by atoms with E-state index in [0.717, 1.165) is 22.3 Å². The van der Waals surface area contributed by atoms with Crippen molar-refractivity contribution in [2.24, 2.45) is 12.8 Å². The van der Waals surface area contributed by atoms with Gasteiger partial charge in [0.2, 0.25) is 0 Å². The Balaban J connectivity index is 2.16. The summed E-state index contributed by atoms with van der Waals surface area (Å²) in [5.74, 6) is -0.309. The molecule has 0 amide bonds. The molecule has 0 radical (unpaired) electrons. The normalized spacial score (nSPS) is 12.7. The van der Waals surface area contributed by atoms with Crippen LogP contribution < -0.4 is 5.73 Å². The lowest BCUT2D eigenvalue weighted by Crippen LogP contribution is -2.27. The molecule has 1 unspecified atom stereocenters. The highest BCUT2D eigenvalue weighted by Gasteiger charge is 2.18. The molecule has 1 aromatic heterocycles. The number of halogens is 3. The molecule has 1 aromatic carbocycles. The predicted octanol–water partition coefficient (Wildman–Crippen LogP) is 3.65. The highest BCUT2D eigenvalue weighted by atomic mass is 79.9. The van der Waals surface area contributed by atoms with Crippen LogP contribution in [-0.4, -0.2) is 15.8 Å². The first-order valence-corrected chi connectivity index (χ1v) is 7.99.